The number of pyridine rings is 1. The number of fused-ring (bicyclic) bond motifs is 1. The first-order valence-corrected chi connectivity index (χ1v) is 13.4. The molecule has 0 aliphatic rings. The summed E-state index contributed by atoms with van der Waals surface area (Å²) in [7, 11) is 0. The first-order valence-electron chi connectivity index (χ1n) is 13.5. The van der Waals surface area contributed by atoms with Crippen molar-refractivity contribution < 1.29 is 28.9 Å². The molecule has 7 aromatic rings. The number of aromatic hydroxyl groups is 1. The fourth-order valence-electron chi connectivity index (χ4n) is 4.83. The molecule has 0 spiro atoms. The standard InChI is InChI=1S/C34H22N3OS.Pt/c38-31-16-5-4-13-28(31)34-36-33-27(14-7-15-30(33)37(34)26-11-2-1-3-12-26)23-9-6-10-24(21-23)29-22-25(18-19-35-29)32-17-8-20-39-32;/h1-20,22,38H;/q-1;/i5D,13D;. The second-order valence-corrected chi connectivity index (χ2v) is 9.97. The van der Waals surface area contributed by atoms with Gasteiger partial charge in [0.15, 0.2) is 0 Å². The van der Waals surface area contributed by atoms with Gasteiger partial charge in [-0.05, 0) is 53.4 Å². The van der Waals surface area contributed by atoms with Crippen molar-refractivity contribution in [2.75, 3.05) is 0 Å². The predicted octanol–water partition coefficient (Wildman–Crippen LogP) is 8.65. The maximum absolute atomic E-state index is 10.9. The predicted molar refractivity (Wildman–Crippen MR) is 159 cm³/mol. The molecule has 0 saturated heterocycles. The van der Waals surface area contributed by atoms with Crippen molar-refractivity contribution in [1.29, 1.82) is 0 Å². The van der Waals surface area contributed by atoms with E-state index >= 15 is 0 Å². The topological polar surface area (TPSA) is 50.9 Å². The van der Waals surface area contributed by atoms with Crippen LogP contribution in [0.2, 0.25) is 0 Å². The number of hydrogen-bond acceptors (Lipinski definition) is 4. The molecular formula is C34H22N3OPtS-. The second-order valence-electron chi connectivity index (χ2n) is 9.02. The molecule has 0 bridgehead atoms. The molecule has 0 unspecified atom stereocenters. The van der Waals surface area contributed by atoms with E-state index in [4.69, 9.17) is 7.73 Å². The first kappa shape index (κ1) is 23.6. The van der Waals surface area contributed by atoms with Crippen LogP contribution in [-0.2, 0) is 21.1 Å². The minimum Gasteiger partial charge on any atom is -0.507 e. The Morgan fingerprint density at radius 1 is 0.825 bits per heavy atom. The molecule has 4 aromatic carbocycles. The van der Waals surface area contributed by atoms with E-state index in [2.05, 4.69) is 28.6 Å². The number of rotatable bonds is 5. The van der Waals surface area contributed by atoms with E-state index in [1.807, 2.05) is 89.6 Å². The maximum Gasteiger partial charge on any atom is 0.148 e. The fraction of sp³-hybridized carbons (Fsp3) is 0. The summed E-state index contributed by atoms with van der Waals surface area (Å²) in [6.07, 6.45) is 1.83. The molecule has 3 aromatic heterocycles. The van der Waals surface area contributed by atoms with Crippen molar-refractivity contribution in [3.63, 3.8) is 0 Å². The molecule has 7 rings (SSSR count). The molecule has 0 saturated carbocycles. The van der Waals surface area contributed by atoms with Gasteiger partial charge in [-0.15, -0.1) is 41.2 Å². The van der Waals surface area contributed by atoms with Gasteiger partial charge in [0.2, 0.25) is 0 Å². The smallest absolute Gasteiger partial charge is 0.148 e. The molecule has 1 N–H and O–H groups in total. The van der Waals surface area contributed by atoms with Crippen LogP contribution < -0.4 is 0 Å². The SMILES string of the molecule is [2H]c1cc([2H])c(-c2nc3c(-c4[c-]c(-c5cc(-c6cccs6)ccn5)ccc4)cccc3n2-c2ccccc2)c(O)c1.[Pt]. The number of thiophene rings is 1. The van der Waals surface area contributed by atoms with Crippen LogP contribution in [0, 0.1) is 6.07 Å². The summed E-state index contributed by atoms with van der Waals surface area (Å²) in [5.74, 6) is 0.282. The summed E-state index contributed by atoms with van der Waals surface area (Å²) in [4.78, 5) is 10.8. The molecule has 196 valence electrons. The monoisotopic (exact) mass is 717 g/mol. The summed E-state index contributed by atoms with van der Waals surface area (Å²) in [5.41, 5.74) is 7.22. The van der Waals surface area contributed by atoms with Gasteiger partial charge in [-0.3, -0.25) is 9.55 Å². The minimum atomic E-state index is -0.151. The Morgan fingerprint density at radius 2 is 1.68 bits per heavy atom. The van der Waals surface area contributed by atoms with Gasteiger partial charge in [0.1, 0.15) is 11.6 Å². The van der Waals surface area contributed by atoms with Crippen LogP contribution in [0.4, 0.5) is 0 Å². The normalized spacial score (nSPS) is 11.6. The number of nitrogens with zero attached hydrogens (tertiary/aromatic N) is 3. The third kappa shape index (κ3) is 4.68. The number of imidazole rings is 1. The van der Waals surface area contributed by atoms with Crippen molar-refractivity contribution in [1.82, 2.24) is 14.5 Å². The molecular weight excluding hydrogens is 694 g/mol. The van der Waals surface area contributed by atoms with Crippen molar-refractivity contribution in [3.8, 4) is 55.6 Å². The van der Waals surface area contributed by atoms with Crippen molar-refractivity contribution in [3.05, 3.63) is 133 Å². The summed E-state index contributed by atoms with van der Waals surface area (Å²) < 4.78 is 18.5. The van der Waals surface area contributed by atoms with Crippen LogP contribution in [0.25, 0.3) is 60.9 Å². The van der Waals surface area contributed by atoms with E-state index in [1.54, 1.807) is 11.3 Å². The van der Waals surface area contributed by atoms with E-state index in [1.165, 1.54) is 17.0 Å². The van der Waals surface area contributed by atoms with Crippen LogP contribution in [0.3, 0.4) is 0 Å². The number of hydrogen-bond donors (Lipinski definition) is 1. The molecule has 0 atom stereocenters. The number of benzene rings is 4. The molecule has 3 heterocycles. The van der Waals surface area contributed by atoms with Crippen molar-refractivity contribution >= 4 is 22.4 Å². The van der Waals surface area contributed by atoms with E-state index in [0.29, 0.717) is 11.3 Å². The van der Waals surface area contributed by atoms with Crippen LogP contribution in [0.5, 0.6) is 5.75 Å². The van der Waals surface area contributed by atoms with Gasteiger partial charge in [0.25, 0.3) is 0 Å². The quantitative estimate of drug-likeness (QED) is 0.182. The summed E-state index contributed by atoms with van der Waals surface area (Å²) in [5, 5.41) is 12.9. The van der Waals surface area contributed by atoms with Gasteiger partial charge in [-0.1, -0.05) is 65.7 Å². The largest absolute Gasteiger partial charge is 0.507 e. The third-order valence-electron chi connectivity index (χ3n) is 6.63. The van der Waals surface area contributed by atoms with Gasteiger partial charge in [-0.25, -0.2) is 4.98 Å². The van der Waals surface area contributed by atoms with Crippen LogP contribution >= 0.6 is 11.3 Å². The Bertz CT molecular complexity index is 2020. The van der Waals surface area contributed by atoms with Gasteiger partial charge in [-0.2, -0.15) is 0 Å². The van der Waals surface area contributed by atoms with Crippen molar-refractivity contribution in [2.45, 2.75) is 0 Å². The van der Waals surface area contributed by atoms with Crippen LogP contribution in [0.15, 0.2) is 127 Å². The molecule has 0 aliphatic carbocycles. The minimum absolute atomic E-state index is 0. The molecule has 6 heteroatoms. The second kappa shape index (κ2) is 11.1. The zero-order valence-corrected chi connectivity index (χ0v) is 24.1. The maximum atomic E-state index is 10.9. The van der Waals surface area contributed by atoms with E-state index < -0.39 is 0 Å². The fourth-order valence-corrected chi connectivity index (χ4v) is 5.56. The van der Waals surface area contributed by atoms with Gasteiger partial charge in [0, 0.05) is 43.5 Å². The van der Waals surface area contributed by atoms with E-state index in [0.717, 1.165) is 39.2 Å². The third-order valence-corrected chi connectivity index (χ3v) is 7.54. The van der Waals surface area contributed by atoms with Gasteiger partial charge < -0.3 is 5.11 Å². The molecule has 4 nitrogen and oxygen atoms in total. The Labute approximate surface area is 253 Å². The number of para-hydroxylation sites is 3. The number of phenols is 1. The van der Waals surface area contributed by atoms with Crippen molar-refractivity contribution in [2.24, 2.45) is 0 Å². The summed E-state index contributed by atoms with van der Waals surface area (Å²) in [6, 6.07) is 36.4. The first-order chi connectivity index (χ1) is 20.1. The Morgan fingerprint density at radius 3 is 2.50 bits per heavy atom. The molecule has 40 heavy (non-hydrogen) atoms. The average Bonchev–Trinajstić information content (AvgIpc) is 3.66. The number of aromatic nitrogens is 3. The zero-order chi connectivity index (χ0) is 27.9. The summed E-state index contributed by atoms with van der Waals surface area (Å²) in [6.45, 7) is 0. The Kier molecular flexibility index (Phi) is 6.51. The molecule has 0 aliphatic heterocycles. The van der Waals surface area contributed by atoms with Crippen LogP contribution in [-0.4, -0.2) is 19.6 Å². The van der Waals surface area contributed by atoms with Crippen LogP contribution in [0.1, 0.15) is 2.74 Å². The average molecular weight is 718 g/mol. The Balaban J connectivity index is 0.00000316. The van der Waals surface area contributed by atoms with Gasteiger partial charge in [0.05, 0.1) is 19.3 Å². The zero-order valence-electron chi connectivity index (χ0n) is 23.0. The Hall–Kier alpha value is -4.31. The van der Waals surface area contributed by atoms with E-state index in [9.17, 15) is 5.11 Å². The molecule has 0 radical (unpaired) electrons. The van der Waals surface area contributed by atoms with E-state index in [-0.39, 0.29) is 44.5 Å². The number of phenolic OH excluding ortho intramolecular Hbond substituents is 1. The molecule has 0 amide bonds. The summed E-state index contributed by atoms with van der Waals surface area (Å²) >= 11 is 1.69. The van der Waals surface area contributed by atoms with Gasteiger partial charge >= 0.3 is 0 Å². The molecule has 0 fully saturated rings.